The van der Waals surface area contributed by atoms with Crippen molar-refractivity contribution in [2.75, 3.05) is 30.3 Å². The van der Waals surface area contributed by atoms with Crippen molar-refractivity contribution in [1.82, 2.24) is 5.32 Å². The first kappa shape index (κ1) is 20.7. The monoisotopic (exact) mass is 394 g/mol. The van der Waals surface area contributed by atoms with Gasteiger partial charge in [-0.3, -0.25) is 9.10 Å². The van der Waals surface area contributed by atoms with Crippen LogP contribution in [0.15, 0.2) is 54.6 Å². The lowest BCUT2D eigenvalue weighted by Gasteiger charge is -2.22. The maximum absolute atomic E-state index is 13.9. The van der Waals surface area contributed by atoms with Crippen LogP contribution in [0.2, 0.25) is 0 Å². The Morgan fingerprint density at radius 2 is 1.78 bits per heavy atom. The quantitative estimate of drug-likeness (QED) is 0.629. The van der Waals surface area contributed by atoms with Gasteiger partial charge in [-0.15, -0.1) is 0 Å². The second kappa shape index (κ2) is 9.91. The maximum atomic E-state index is 13.9. The molecule has 0 atom stereocenters. The van der Waals surface area contributed by atoms with Crippen LogP contribution in [0.25, 0.3) is 0 Å². The maximum Gasteiger partial charge on any atom is 0.232 e. The second-order valence-corrected chi connectivity index (χ2v) is 7.81. The number of benzene rings is 2. The van der Waals surface area contributed by atoms with Crippen molar-refractivity contribution in [2.24, 2.45) is 0 Å². The zero-order valence-corrected chi connectivity index (χ0v) is 15.9. The van der Waals surface area contributed by atoms with Gasteiger partial charge in [0.15, 0.2) is 0 Å². The van der Waals surface area contributed by atoms with E-state index in [-0.39, 0.29) is 31.0 Å². The van der Waals surface area contributed by atoms with Crippen molar-refractivity contribution in [3.05, 3.63) is 60.4 Å². The number of rotatable bonds is 10. The number of anilines is 1. The fourth-order valence-corrected chi connectivity index (χ4v) is 3.43. The Balaban J connectivity index is 1.76. The van der Waals surface area contributed by atoms with Crippen molar-refractivity contribution in [2.45, 2.75) is 12.8 Å². The van der Waals surface area contributed by atoms with Crippen LogP contribution in [0.5, 0.6) is 5.75 Å². The summed E-state index contributed by atoms with van der Waals surface area (Å²) in [4.78, 5) is 11.9. The molecule has 27 heavy (non-hydrogen) atoms. The minimum Gasteiger partial charge on any atom is -0.492 e. The van der Waals surface area contributed by atoms with Gasteiger partial charge < -0.3 is 10.1 Å². The number of nitrogens with one attached hydrogen (secondary N) is 1. The fourth-order valence-electron chi connectivity index (χ4n) is 2.47. The molecule has 0 radical (unpaired) electrons. The van der Waals surface area contributed by atoms with Crippen molar-refractivity contribution in [1.29, 1.82) is 0 Å². The predicted octanol–water partition coefficient (Wildman–Crippen LogP) is 2.57. The van der Waals surface area contributed by atoms with Crippen LogP contribution < -0.4 is 14.4 Å². The van der Waals surface area contributed by atoms with Crippen molar-refractivity contribution in [3.8, 4) is 5.75 Å². The third-order valence-corrected chi connectivity index (χ3v) is 4.90. The minimum atomic E-state index is -3.65. The Labute approximate surface area is 159 Å². The normalized spacial score (nSPS) is 11.0. The van der Waals surface area contributed by atoms with Gasteiger partial charge in [-0.05, 0) is 30.7 Å². The molecule has 0 saturated carbocycles. The van der Waals surface area contributed by atoms with E-state index in [4.69, 9.17) is 4.74 Å². The summed E-state index contributed by atoms with van der Waals surface area (Å²) in [6.45, 7) is 0.699. The molecule has 0 unspecified atom stereocenters. The lowest BCUT2D eigenvalue weighted by atomic mass is 10.2. The van der Waals surface area contributed by atoms with E-state index in [9.17, 15) is 17.6 Å². The van der Waals surface area contributed by atoms with Gasteiger partial charge in [-0.25, -0.2) is 12.8 Å². The molecule has 0 aromatic heterocycles. The van der Waals surface area contributed by atoms with E-state index in [1.165, 1.54) is 18.2 Å². The molecule has 1 amide bonds. The summed E-state index contributed by atoms with van der Waals surface area (Å²) in [5.41, 5.74) is -0.0170. The molecule has 0 saturated heterocycles. The van der Waals surface area contributed by atoms with Crippen LogP contribution in [0.1, 0.15) is 12.8 Å². The van der Waals surface area contributed by atoms with Crippen molar-refractivity contribution < 1.29 is 22.3 Å². The summed E-state index contributed by atoms with van der Waals surface area (Å²) in [5.74, 6) is -0.112. The molecule has 6 nitrogen and oxygen atoms in total. The van der Waals surface area contributed by atoms with E-state index in [0.717, 1.165) is 16.3 Å². The molecule has 8 heteroatoms. The molecule has 0 heterocycles. The zero-order chi connectivity index (χ0) is 19.7. The second-order valence-electron chi connectivity index (χ2n) is 5.90. The largest absolute Gasteiger partial charge is 0.492 e. The summed E-state index contributed by atoms with van der Waals surface area (Å²) in [5, 5.41) is 2.71. The van der Waals surface area contributed by atoms with E-state index < -0.39 is 15.8 Å². The topological polar surface area (TPSA) is 75.7 Å². The van der Waals surface area contributed by atoms with Gasteiger partial charge in [0.05, 0.1) is 18.5 Å². The zero-order valence-electron chi connectivity index (χ0n) is 15.1. The Kier molecular flexibility index (Phi) is 7.60. The van der Waals surface area contributed by atoms with Crippen LogP contribution >= 0.6 is 0 Å². The number of amides is 1. The highest BCUT2D eigenvalue weighted by molar-refractivity contribution is 7.92. The molecule has 0 bridgehead atoms. The number of hydrogen-bond acceptors (Lipinski definition) is 4. The van der Waals surface area contributed by atoms with Crippen LogP contribution in [-0.2, 0) is 14.8 Å². The summed E-state index contributed by atoms with van der Waals surface area (Å²) in [6, 6.07) is 14.9. The number of hydrogen-bond donors (Lipinski definition) is 1. The standard InChI is InChI=1S/C19H23FN2O4S/c1-27(24,25)22(18-11-6-5-10-17(18)20)14-7-12-19(23)21-13-15-26-16-8-3-2-4-9-16/h2-6,8-11H,7,12-15H2,1H3,(H,21,23). The third kappa shape index (κ3) is 6.90. The third-order valence-electron chi connectivity index (χ3n) is 3.72. The minimum absolute atomic E-state index is 0.0170. The number of nitrogens with zero attached hydrogens (tertiary/aromatic N) is 1. The van der Waals surface area contributed by atoms with E-state index in [1.54, 1.807) is 6.07 Å². The molecule has 146 valence electrons. The number of carbonyl (C=O) groups excluding carboxylic acids is 1. The average molecular weight is 394 g/mol. The number of sulfonamides is 1. The molecule has 2 aromatic carbocycles. The molecule has 2 rings (SSSR count). The molecule has 0 fully saturated rings. The molecule has 0 spiro atoms. The van der Waals surface area contributed by atoms with E-state index in [2.05, 4.69) is 5.32 Å². The lowest BCUT2D eigenvalue weighted by Crippen LogP contribution is -2.33. The lowest BCUT2D eigenvalue weighted by molar-refractivity contribution is -0.121. The first-order chi connectivity index (χ1) is 12.9. The smallest absolute Gasteiger partial charge is 0.232 e. The SMILES string of the molecule is CS(=O)(=O)N(CCCC(=O)NCCOc1ccccc1)c1ccccc1F. The van der Waals surface area contributed by atoms with E-state index in [1.807, 2.05) is 30.3 Å². The van der Waals surface area contributed by atoms with Gasteiger partial charge in [0, 0.05) is 13.0 Å². The molecular formula is C19H23FN2O4S. The van der Waals surface area contributed by atoms with Crippen molar-refractivity contribution in [3.63, 3.8) is 0 Å². The number of ether oxygens (including phenoxy) is 1. The summed E-state index contributed by atoms with van der Waals surface area (Å²) in [7, 11) is -3.65. The van der Waals surface area contributed by atoms with Crippen LogP contribution in [-0.4, -0.2) is 40.3 Å². The molecule has 2 aromatic rings. The Morgan fingerprint density at radius 3 is 2.44 bits per heavy atom. The van der Waals surface area contributed by atoms with Gasteiger partial charge in [0.2, 0.25) is 15.9 Å². The number of para-hydroxylation sites is 2. The van der Waals surface area contributed by atoms with Crippen LogP contribution in [0.4, 0.5) is 10.1 Å². The predicted molar refractivity (Wildman–Crippen MR) is 103 cm³/mol. The Morgan fingerprint density at radius 1 is 1.11 bits per heavy atom. The van der Waals surface area contributed by atoms with Crippen LogP contribution in [0.3, 0.4) is 0 Å². The van der Waals surface area contributed by atoms with Crippen molar-refractivity contribution >= 4 is 21.6 Å². The summed E-state index contributed by atoms with van der Waals surface area (Å²) in [6.07, 6.45) is 1.42. The summed E-state index contributed by atoms with van der Waals surface area (Å²) < 4.78 is 44.2. The van der Waals surface area contributed by atoms with Gasteiger partial charge >= 0.3 is 0 Å². The summed E-state index contributed by atoms with van der Waals surface area (Å²) >= 11 is 0. The average Bonchev–Trinajstić information content (AvgIpc) is 2.63. The molecule has 0 aliphatic heterocycles. The Bertz CT molecular complexity index is 844. The fraction of sp³-hybridized carbons (Fsp3) is 0.316. The number of carbonyl (C=O) groups is 1. The molecule has 0 aliphatic carbocycles. The van der Waals surface area contributed by atoms with E-state index >= 15 is 0 Å². The molecule has 0 aliphatic rings. The van der Waals surface area contributed by atoms with Crippen LogP contribution in [0, 0.1) is 5.82 Å². The highest BCUT2D eigenvalue weighted by Crippen LogP contribution is 2.21. The Hall–Kier alpha value is -2.61. The highest BCUT2D eigenvalue weighted by Gasteiger charge is 2.20. The van der Waals surface area contributed by atoms with Gasteiger partial charge in [-0.1, -0.05) is 30.3 Å². The van der Waals surface area contributed by atoms with Gasteiger partial charge in [-0.2, -0.15) is 0 Å². The molecule has 1 N–H and O–H groups in total. The molecular weight excluding hydrogens is 371 g/mol. The van der Waals surface area contributed by atoms with E-state index in [0.29, 0.717) is 13.2 Å². The highest BCUT2D eigenvalue weighted by atomic mass is 32.2. The first-order valence-corrected chi connectivity index (χ1v) is 10.4. The number of halogens is 1. The van der Waals surface area contributed by atoms with Gasteiger partial charge in [0.1, 0.15) is 18.2 Å². The van der Waals surface area contributed by atoms with Gasteiger partial charge in [0.25, 0.3) is 0 Å². The first-order valence-electron chi connectivity index (χ1n) is 8.55.